The Morgan fingerprint density at radius 3 is 2.31 bits per heavy atom. The molecule has 0 N–H and O–H groups in total. The van der Waals surface area contributed by atoms with E-state index in [0.29, 0.717) is 23.4 Å². The molecule has 1 aliphatic carbocycles. The van der Waals surface area contributed by atoms with Gasteiger partial charge >= 0.3 is 5.97 Å². The van der Waals surface area contributed by atoms with Gasteiger partial charge in [-0.05, 0) is 12.8 Å². The van der Waals surface area contributed by atoms with E-state index in [1.807, 2.05) is 13.8 Å². The Hall–Kier alpha value is -2.40. The van der Waals surface area contributed by atoms with Crippen molar-refractivity contribution in [3.63, 3.8) is 0 Å². The number of rotatable bonds is 5. The maximum Gasteiger partial charge on any atom is 0.340 e. The van der Waals surface area contributed by atoms with Crippen LogP contribution in [0.5, 0.6) is 0 Å². The summed E-state index contributed by atoms with van der Waals surface area (Å²) >= 11 is 6.14. The number of alkyl halides is 1. The van der Waals surface area contributed by atoms with E-state index in [4.69, 9.17) is 16.3 Å². The molecule has 0 unspecified atom stereocenters. The second kappa shape index (κ2) is 7.08. The summed E-state index contributed by atoms with van der Waals surface area (Å²) in [6, 6.07) is 6.66. The topological polar surface area (TPSA) is 65.4 Å². The van der Waals surface area contributed by atoms with E-state index < -0.39 is 5.97 Å². The van der Waals surface area contributed by atoms with Gasteiger partial charge < -0.3 is 9.30 Å². The van der Waals surface area contributed by atoms with Crippen molar-refractivity contribution in [2.24, 2.45) is 5.92 Å². The summed E-state index contributed by atoms with van der Waals surface area (Å²) in [5.41, 5.74) is 1.58. The van der Waals surface area contributed by atoms with Gasteiger partial charge in [-0.25, -0.2) is 4.79 Å². The minimum Gasteiger partial charge on any atom is -0.462 e. The molecule has 1 heterocycles. The molecule has 2 aromatic rings. The second-order valence-electron chi connectivity index (χ2n) is 6.61. The number of hydrogen-bond donors (Lipinski definition) is 0. The number of carbonyl (C=O) groups excluding carboxylic acids is 3. The molecular weight excluding hydrogens is 354 g/mol. The maximum absolute atomic E-state index is 13.1. The van der Waals surface area contributed by atoms with Crippen molar-refractivity contribution in [2.45, 2.75) is 33.2 Å². The molecule has 0 radical (unpaired) electrons. The maximum atomic E-state index is 13.1. The van der Waals surface area contributed by atoms with Gasteiger partial charge in [0.15, 0.2) is 5.78 Å². The molecule has 0 saturated carbocycles. The fourth-order valence-electron chi connectivity index (χ4n) is 3.39. The summed E-state index contributed by atoms with van der Waals surface area (Å²) in [4.78, 5) is 38.9. The predicted octanol–water partition coefficient (Wildman–Crippen LogP) is 3.84. The second-order valence-corrected chi connectivity index (χ2v) is 6.87. The molecule has 26 heavy (non-hydrogen) atoms. The fourth-order valence-corrected chi connectivity index (χ4v) is 3.67. The minimum atomic E-state index is -0.623. The van der Waals surface area contributed by atoms with Crippen molar-refractivity contribution in [2.75, 3.05) is 6.61 Å². The number of fused-ring (bicyclic) bond motifs is 2. The van der Waals surface area contributed by atoms with Crippen molar-refractivity contribution in [3.8, 4) is 0 Å². The monoisotopic (exact) mass is 373 g/mol. The zero-order chi connectivity index (χ0) is 19.0. The molecule has 136 valence electrons. The first-order valence-electron chi connectivity index (χ1n) is 8.59. The molecule has 0 saturated heterocycles. The van der Waals surface area contributed by atoms with E-state index in [9.17, 15) is 14.4 Å². The van der Waals surface area contributed by atoms with E-state index in [0.717, 1.165) is 0 Å². The standard InChI is InChI=1S/C20H20ClNO4/c1-4-26-20(25)15-14(9-21)22(10-11(2)3)17-16(15)18(23)12-7-5-6-8-13(12)19(17)24/h5-8,11H,4,9-10H2,1-3H3. The average molecular weight is 374 g/mol. The van der Waals surface area contributed by atoms with Crippen molar-refractivity contribution < 1.29 is 19.1 Å². The average Bonchev–Trinajstić information content (AvgIpc) is 2.93. The Balaban J connectivity index is 2.35. The molecule has 0 aliphatic heterocycles. The van der Waals surface area contributed by atoms with Crippen LogP contribution < -0.4 is 0 Å². The molecule has 0 fully saturated rings. The van der Waals surface area contributed by atoms with Gasteiger partial charge in [0.1, 0.15) is 5.69 Å². The third-order valence-corrected chi connectivity index (χ3v) is 4.64. The van der Waals surface area contributed by atoms with Gasteiger partial charge in [0, 0.05) is 23.4 Å². The predicted molar refractivity (Wildman–Crippen MR) is 98.1 cm³/mol. The highest BCUT2D eigenvalue weighted by Gasteiger charge is 2.40. The lowest BCUT2D eigenvalue weighted by atomic mass is 9.86. The quantitative estimate of drug-likeness (QED) is 0.503. The van der Waals surface area contributed by atoms with E-state index >= 15 is 0 Å². The van der Waals surface area contributed by atoms with E-state index in [1.165, 1.54) is 0 Å². The van der Waals surface area contributed by atoms with Crippen molar-refractivity contribution in [1.29, 1.82) is 0 Å². The van der Waals surface area contributed by atoms with E-state index in [2.05, 4.69) is 0 Å². The highest BCUT2D eigenvalue weighted by atomic mass is 35.5. The number of hydrogen-bond acceptors (Lipinski definition) is 4. The summed E-state index contributed by atoms with van der Waals surface area (Å²) in [5.74, 6) is -1.03. The van der Waals surface area contributed by atoms with Gasteiger partial charge in [0.2, 0.25) is 5.78 Å². The number of halogens is 1. The normalized spacial score (nSPS) is 13.0. The first kappa shape index (κ1) is 18.4. The van der Waals surface area contributed by atoms with Crippen molar-refractivity contribution in [3.05, 3.63) is 57.9 Å². The highest BCUT2D eigenvalue weighted by Crippen LogP contribution is 2.35. The summed E-state index contributed by atoms with van der Waals surface area (Å²) in [6.45, 7) is 6.33. The molecule has 1 aliphatic rings. The Kier molecular flexibility index (Phi) is 5.01. The number of ketones is 2. The number of benzene rings is 1. The Bertz CT molecular complexity index is 911. The molecule has 3 rings (SSSR count). The number of ether oxygens (including phenoxy) is 1. The van der Waals surface area contributed by atoms with E-state index in [-0.39, 0.29) is 46.8 Å². The van der Waals surface area contributed by atoms with Gasteiger partial charge in [-0.3, -0.25) is 9.59 Å². The Labute approximate surface area is 156 Å². The van der Waals surface area contributed by atoms with Gasteiger partial charge in [-0.1, -0.05) is 38.1 Å². The summed E-state index contributed by atoms with van der Waals surface area (Å²) < 4.78 is 6.87. The molecular formula is C20H20ClNO4. The van der Waals surface area contributed by atoms with E-state index in [1.54, 1.807) is 35.8 Å². The van der Waals surface area contributed by atoms with Crippen LogP contribution in [0.3, 0.4) is 0 Å². The number of nitrogens with zero attached hydrogens (tertiary/aromatic N) is 1. The van der Waals surface area contributed by atoms with Crippen molar-refractivity contribution >= 4 is 29.1 Å². The first-order valence-corrected chi connectivity index (χ1v) is 9.12. The number of esters is 1. The SMILES string of the molecule is CCOC(=O)c1c2c(n(CC(C)C)c1CCl)C(=O)c1ccccc1C2=O. The van der Waals surface area contributed by atoms with Crippen LogP contribution in [-0.4, -0.2) is 28.7 Å². The van der Waals surface area contributed by atoms with Gasteiger partial charge in [-0.15, -0.1) is 11.6 Å². The van der Waals surface area contributed by atoms with Crippen LogP contribution in [0.2, 0.25) is 0 Å². The van der Waals surface area contributed by atoms with Gasteiger partial charge in [-0.2, -0.15) is 0 Å². The summed E-state index contributed by atoms with van der Waals surface area (Å²) in [5, 5.41) is 0. The highest BCUT2D eigenvalue weighted by molar-refractivity contribution is 6.31. The zero-order valence-electron chi connectivity index (χ0n) is 15.0. The van der Waals surface area contributed by atoms with Gasteiger partial charge in [0.25, 0.3) is 0 Å². The largest absolute Gasteiger partial charge is 0.462 e. The van der Waals surface area contributed by atoms with Crippen LogP contribution in [0.25, 0.3) is 0 Å². The molecule has 0 amide bonds. The summed E-state index contributed by atoms with van der Waals surface area (Å²) in [7, 11) is 0. The third kappa shape index (κ3) is 2.76. The number of aromatic nitrogens is 1. The lowest BCUT2D eigenvalue weighted by molar-refractivity contribution is 0.0522. The molecule has 1 aromatic heterocycles. The summed E-state index contributed by atoms with van der Waals surface area (Å²) in [6.07, 6.45) is 0. The van der Waals surface area contributed by atoms with Crippen LogP contribution >= 0.6 is 11.6 Å². The molecule has 5 nitrogen and oxygen atoms in total. The minimum absolute atomic E-state index is 0.00473. The molecule has 0 bridgehead atoms. The molecule has 0 atom stereocenters. The van der Waals surface area contributed by atoms with Crippen molar-refractivity contribution in [1.82, 2.24) is 4.57 Å². The third-order valence-electron chi connectivity index (χ3n) is 4.38. The lowest BCUT2D eigenvalue weighted by Crippen LogP contribution is -2.24. The van der Waals surface area contributed by atoms with Crippen LogP contribution in [0.15, 0.2) is 24.3 Å². The fraction of sp³-hybridized carbons (Fsp3) is 0.350. The first-order chi connectivity index (χ1) is 12.4. The van der Waals surface area contributed by atoms with Crippen LogP contribution in [-0.2, 0) is 17.2 Å². The lowest BCUT2D eigenvalue weighted by Gasteiger charge is -2.18. The Morgan fingerprint density at radius 1 is 1.15 bits per heavy atom. The van der Waals surface area contributed by atoms with Crippen LogP contribution in [0, 0.1) is 5.92 Å². The van der Waals surface area contributed by atoms with Crippen LogP contribution in [0.4, 0.5) is 0 Å². The molecule has 0 spiro atoms. The molecule has 6 heteroatoms. The Morgan fingerprint density at radius 2 is 1.77 bits per heavy atom. The van der Waals surface area contributed by atoms with Gasteiger partial charge in [0.05, 0.1) is 23.6 Å². The van der Waals surface area contributed by atoms with Crippen LogP contribution in [0.1, 0.15) is 68.8 Å². The molecule has 1 aromatic carbocycles. The number of carbonyl (C=O) groups is 3. The zero-order valence-corrected chi connectivity index (χ0v) is 15.7. The smallest absolute Gasteiger partial charge is 0.340 e.